The van der Waals surface area contributed by atoms with Gasteiger partial charge in [0.1, 0.15) is 28.6 Å². The number of anilines is 2. The van der Waals surface area contributed by atoms with Gasteiger partial charge in [-0.3, -0.25) is 4.79 Å². The molecule has 10 heteroatoms. The first-order chi connectivity index (χ1) is 15.6. The molecular weight excluding hydrogens is 440 g/mol. The highest BCUT2D eigenvalue weighted by molar-refractivity contribution is 7.15. The lowest BCUT2D eigenvalue weighted by molar-refractivity contribution is -0.134. The summed E-state index contributed by atoms with van der Waals surface area (Å²) in [5.41, 5.74) is 5.84. The van der Waals surface area contributed by atoms with Crippen LogP contribution >= 0.6 is 11.3 Å². The molecule has 2 atom stereocenters. The van der Waals surface area contributed by atoms with Gasteiger partial charge in [0.05, 0.1) is 17.7 Å². The molecule has 3 aromatic heterocycles. The van der Waals surface area contributed by atoms with E-state index < -0.39 is 11.0 Å². The number of aromatic nitrogens is 4. The first-order valence-corrected chi connectivity index (χ1v) is 11.5. The van der Waals surface area contributed by atoms with E-state index in [4.69, 9.17) is 15.5 Å². The lowest BCUT2D eigenvalue weighted by Gasteiger charge is -2.44. The summed E-state index contributed by atoms with van der Waals surface area (Å²) in [6.45, 7) is 5.94. The van der Waals surface area contributed by atoms with Gasteiger partial charge in [0.2, 0.25) is 11.8 Å². The number of ether oxygens (including phenoxy) is 1. The molecule has 0 spiro atoms. The average molecular weight is 469 g/mol. The second-order valence-electron chi connectivity index (χ2n) is 9.21. The number of nitrogens with two attached hydrogens (primary N) is 1. The van der Waals surface area contributed by atoms with Gasteiger partial charge >= 0.3 is 0 Å². The van der Waals surface area contributed by atoms with Crippen LogP contribution in [0.25, 0.3) is 10.6 Å². The maximum atomic E-state index is 11.8. The maximum absolute atomic E-state index is 11.8. The van der Waals surface area contributed by atoms with Crippen LogP contribution in [0.3, 0.4) is 0 Å². The van der Waals surface area contributed by atoms with Gasteiger partial charge < -0.3 is 20.9 Å². The minimum atomic E-state index is -1.10. The standard InChI is InChI=1S/C23H28N6O3S/c1-13-7-15(28-18(8-13)29-17-9-19(32-4)27-12-26-17)16-10-25-21(33-16)23(31)6-5-14(20(24)30)22(2,3)11-23/h7-10,12,14,31H,5-6,11H2,1-4H3,(H2,24,30)(H,26,27,28,29)/t14-,23+/m0/s1. The first kappa shape index (κ1) is 23.1. The summed E-state index contributed by atoms with van der Waals surface area (Å²) >= 11 is 1.42. The number of primary amides is 1. The fourth-order valence-electron chi connectivity index (χ4n) is 4.56. The van der Waals surface area contributed by atoms with Gasteiger partial charge in [0.25, 0.3) is 0 Å². The average Bonchev–Trinajstić information content (AvgIpc) is 3.24. The van der Waals surface area contributed by atoms with Gasteiger partial charge in [-0.25, -0.2) is 19.9 Å². The zero-order valence-corrected chi connectivity index (χ0v) is 19.9. The van der Waals surface area contributed by atoms with Gasteiger partial charge in [-0.05, 0) is 49.3 Å². The SMILES string of the molecule is COc1cc(Nc2cc(C)cc(-c3cnc([C@@]4(O)CC[C@@H](C(N)=O)C(C)(C)C4)s3)n2)ncn1. The number of hydrogen-bond acceptors (Lipinski definition) is 9. The van der Waals surface area contributed by atoms with E-state index in [1.54, 1.807) is 19.4 Å². The molecule has 3 heterocycles. The Balaban J connectivity index is 1.59. The summed E-state index contributed by atoms with van der Waals surface area (Å²) in [5, 5.41) is 15.2. The number of aryl methyl sites for hydroxylation is 1. The lowest BCUT2D eigenvalue weighted by atomic mass is 9.63. The molecule has 0 aliphatic heterocycles. The largest absolute Gasteiger partial charge is 0.481 e. The summed E-state index contributed by atoms with van der Waals surface area (Å²) in [4.78, 5) is 30.2. The van der Waals surface area contributed by atoms with Crippen molar-refractivity contribution in [3.63, 3.8) is 0 Å². The van der Waals surface area contributed by atoms with E-state index in [-0.39, 0.29) is 11.8 Å². The van der Waals surface area contributed by atoms with Gasteiger partial charge in [0.15, 0.2) is 0 Å². The number of carbonyl (C=O) groups is 1. The van der Waals surface area contributed by atoms with Crippen LogP contribution in [-0.2, 0) is 10.4 Å². The molecule has 9 nitrogen and oxygen atoms in total. The topological polar surface area (TPSA) is 136 Å². The van der Waals surface area contributed by atoms with Crippen molar-refractivity contribution in [2.45, 2.75) is 45.6 Å². The Bertz CT molecular complexity index is 1180. The zero-order chi connectivity index (χ0) is 23.8. The van der Waals surface area contributed by atoms with Crippen LogP contribution < -0.4 is 15.8 Å². The van der Waals surface area contributed by atoms with E-state index in [1.807, 2.05) is 32.9 Å². The molecule has 0 radical (unpaired) electrons. The maximum Gasteiger partial charge on any atom is 0.221 e. The van der Waals surface area contributed by atoms with Gasteiger partial charge in [-0.2, -0.15) is 0 Å². The van der Waals surface area contributed by atoms with Crippen molar-refractivity contribution in [2.75, 3.05) is 12.4 Å². The molecule has 0 aromatic carbocycles. The third-order valence-corrected chi connectivity index (χ3v) is 7.33. The van der Waals surface area contributed by atoms with Crippen molar-refractivity contribution in [3.8, 4) is 16.5 Å². The summed E-state index contributed by atoms with van der Waals surface area (Å²) in [7, 11) is 1.55. The molecule has 4 N–H and O–H groups in total. The summed E-state index contributed by atoms with van der Waals surface area (Å²) in [5.74, 6) is 1.08. The number of aliphatic hydroxyl groups is 1. The highest BCUT2D eigenvalue weighted by Gasteiger charge is 2.48. The normalized spacial score (nSPS) is 22.0. The van der Waals surface area contributed by atoms with Crippen LogP contribution in [-0.4, -0.2) is 38.1 Å². The lowest BCUT2D eigenvalue weighted by Crippen LogP contribution is -2.46. The van der Waals surface area contributed by atoms with E-state index in [9.17, 15) is 9.90 Å². The van der Waals surface area contributed by atoms with Crippen LogP contribution in [0.2, 0.25) is 0 Å². The number of rotatable bonds is 6. The Morgan fingerprint density at radius 2 is 2.03 bits per heavy atom. The number of amides is 1. The predicted octanol–water partition coefficient (Wildman–Crippen LogP) is 3.55. The number of carbonyl (C=O) groups excluding carboxylic acids is 1. The van der Waals surface area contributed by atoms with Crippen LogP contribution in [0.15, 0.2) is 30.7 Å². The number of thiazole rings is 1. The van der Waals surface area contributed by atoms with Crippen molar-refractivity contribution in [1.29, 1.82) is 0 Å². The second kappa shape index (κ2) is 8.68. The minimum Gasteiger partial charge on any atom is -0.481 e. The molecular formula is C23H28N6O3S. The molecule has 0 unspecified atom stereocenters. The summed E-state index contributed by atoms with van der Waals surface area (Å²) < 4.78 is 5.15. The Hall–Kier alpha value is -3.11. The van der Waals surface area contributed by atoms with Crippen LogP contribution in [0, 0.1) is 18.3 Å². The molecule has 1 saturated carbocycles. The highest BCUT2D eigenvalue weighted by Crippen LogP contribution is 2.50. The van der Waals surface area contributed by atoms with Gasteiger partial charge in [0, 0.05) is 18.2 Å². The monoisotopic (exact) mass is 468 g/mol. The van der Waals surface area contributed by atoms with Crippen molar-refractivity contribution >= 4 is 28.9 Å². The van der Waals surface area contributed by atoms with E-state index in [2.05, 4.69) is 20.3 Å². The van der Waals surface area contributed by atoms with Crippen molar-refractivity contribution in [2.24, 2.45) is 17.1 Å². The smallest absolute Gasteiger partial charge is 0.221 e. The Kier molecular flexibility index (Phi) is 6.06. The van der Waals surface area contributed by atoms with E-state index in [0.717, 1.165) is 16.1 Å². The third-order valence-electron chi connectivity index (χ3n) is 6.11. The predicted molar refractivity (Wildman–Crippen MR) is 126 cm³/mol. The molecule has 1 fully saturated rings. The fraction of sp³-hybridized carbons (Fsp3) is 0.435. The zero-order valence-electron chi connectivity index (χ0n) is 19.1. The van der Waals surface area contributed by atoms with Crippen molar-refractivity contribution in [3.05, 3.63) is 41.3 Å². The number of pyridine rings is 1. The first-order valence-electron chi connectivity index (χ1n) is 10.7. The molecule has 174 valence electrons. The van der Waals surface area contributed by atoms with Crippen LogP contribution in [0.5, 0.6) is 5.88 Å². The van der Waals surface area contributed by atoms with E-state index in [1.165, 1.54) is 17.7 Å². The molecule has 0 saturated heterocycles. The fourth-order valence-corrected chi connectivity index (χ4v) is 5.56. The Morgan fingerprint density at radius 3 is 2.73 bits per heavy atom. The molecule has 4 rings (SSSR count). The second-order valence-corrected chi connectivity index (χ2v) is 10.2. The number of nitrogens with one attached hydrogen (secondary N) is 1. The van der Waals surface area contributed by atoms with E-state index >= 15 is 0 Å². The third kappa shape index (κ3) is 4.81. The van der Waals surface area contributed by atoms with Crippen LogP contribution in [0.1, 0.15) is 43.7 Å². The van der Waals surface area contributed by atoms with Crippen molar-refractivity contribution in [1.82, 2.24) is 19.9 Å². The summed E-state index contributed by atoms with van der Waals surface area (Å²) in [6.07, 6.45) is 4.56. The number of methoxy groups -OCH3 is 1. The minimum absolute atomic E-state index is 0.260. The van der Waals surface area contributed by atoms with E-state index in [0.29, 0.717) is 41.8 Å². The quantitative estimate of drug-likeness (QED) is 0.500. The molecule has 33 heavy (non-hydrogen) atoms. The van der Waals surface area contributed by atoms with Gasteiger partial charge in [-0.1, -0.05) is 13.8 Å². The molecule has 1 amide bonds. The Morgan fingerprint density at radius 1 is 1.24 bits per heavy atom. The highest BCUT2D eigenvalue weighted by atomic mass is 32.1. The Labute approximate surface area is 196 Å². The van der Waals surface area contributed by atoms with Crippen molar-refractivity contribution < 1.29 is 14.6 Å². The molecule has 0 bridgehead atoms. The molecule has 1 aliphatic carbocycles. The van der Waals surface area contributed by atoms with Gasteiger partial charge in [-0.15, -0.1) is 11.3 Å². The van der Waals surface area contributed by atoms with Crippen LogP contribution in [0.4, 0.5) is 11.6 Å². The number of nitrogens with zero attached hydrogens (tertiary/aromatic N) is 4. The number of hydrogen-bond donors (Lipinski definition) is 3. The molecule has 3 aromatic rings. The molecule has 1 aliphatic rings. The summed E-state index contributed by atoms with van der Waals surface area (Å²) in [6, 6.07) is 5.58.